The van der Waals surface area contributed by atoms with Gasteiger partial charge in [-0.3, -0.25) is 4.90 Å². The molecule has 108 valence electrons. The Morgan fingerprint density at radius 3 is 2.65 bits per heavy atom. The van der Waals surface area contributed by atoms with Gasteiger partial charge in [-0.05, 0) is 20.8 Å². The summed E-state index contributed by atoms with van der Waals surface area (Å²) in [5.41, 5.74) is 1.00. The zero-order valence-electron chi connectivity index (χ0n) is 12.6. The van der Waals surface area contributed by atoms with Crippen LogP contribution in [-0.2, 0) is 0 Å². The van der Waals surface area contributed by atoms with Crippen LogP contribution in [0.15, 0.2) is 6.07 Å². The van der Waals surface area contributed by atoms with Crippen LogP contribution in [0.5, 0.6) is 0 Å². The number of nitrogens with zero attached hydrogens (tertiary/aromatic N) is 4. The molecule has 1 saturated heterocycles. The Morgan fingerprint density at radius 1 is 1.25 bits per heavy atom. The van der Waals surface area contributed by atoms with Gasteiger partial charge >= 0.3 is 0 Å². The van der Waals surface area contributed by atoms with E-state index < -0.39 is 0 Å². The van der Waals surface area contributed by atoms with E-state index in [2.05, 4.69) is 43.8 Å². The van der Waals surface area contributed by atoms with Crippen molar-refractivity contribution in [3.63, 3.8) is 0 Å². The van der Waals surface area contributed by atoms with Crippen LogP contribution in [0.1, 0.15) is 19.5 Å². The number of hydrogen-bond acceptors (Lipinski definition) is 5. The van der Waals surface area contributed by atoms with E-state index in [0.717, 1.165) is 56.7 Å². The molecule has 0 bridgehead atoms. The second-order valence-corrected chi connectivity index (χ2v) is 4.91. The molecule has 1 fully saturated rings. The number of hydrogen-bond donors (Lipinski definition) is 1. The highest BCUT2D eigenvalue weighted by Gasteiger charge is 2.18. The first-order chi connectivity index (χ1) is 9.72. The molecule has 20 heavy (non-hydrogen) atoms. The van der Waals surface area contributed by atoms with Crippen LogP contribution in [0.2, 0.25) is 0 Å². The molecule has 1 aromatic rings. The van der Waals surface area contributed by atoms with E-state index in [1.807, 2.05) is 19.9 Å². The molecule has 0 aromatic carbocycles. The normalized spacial score (nSPS) is 15.7. The molecule has 0 unspecified atom stereocenters. The molecular formula is C15H23N5. The van der Waals surface area contributed by atoms with Crippen LogP contribution in [0.25, 0.3) is 0 Å². The smallest absolute Gasteiger partial charge is 0.227 e. The summed E-state index contributed by atoms with van der Waals surface area (Å²) >= 11 is 0. The quantitative estimate of drug-likeness (QED) is 0.839. The Kier molecular flexibility index (Phi) is 5.19. The molecule has 0 saturated carbocycles. The summed E-state index contributed by atoms with van der Waals surface area (Å²) in [6, 6.07) is 1.99. The molecule has 0 amide bonds. The highest BCUT2D eigenvalue weighted by Crippen LogP contribution is 2.15. The van der Waals surface area contributed by atoms with Crippen LogP contribution < -0.4 is 10.2 Å². The topological polar surface area (TPSA) is 44.3 Å². The fourth-order valence-electron chi connectivity index (χ4n) is 2.26. The fraction of sp³-hybridized carbons (Fsp3) is 0.600. The van der Waals surface area contributed by atoms with Crippen LogP contribution in [0.3, 0.4) is 0 Å². The first-order valence-electron chi connectivity index (χ1n) is 7.19. The fourth-order valence-corrected chi connectivity index (χ4v) is 2.26. The minimum absolute atomic E-state index is 0.835. The average molecular weight is 273 g/mol. The summed E-state index contributed by atoms with van der Waals surface area (Å²) in [5.74, 6) is 7.82. The molecular weight excluding hydrogens is 250 g/mol. The summed E-state index contributed by atoms with van der Waals surface area (Å²) < 4.78 is 0. The second-order valence-electron chi connectivity index (χ2n) is 4.91. The number of anilines is 2. The molecule has 5 heteroatoms. The van der Waals surface area contributed by atoms with Gasteiger partial charge < -0.3 is 10.2 Å². The molecule has 1 aliphatic heterocycles. The lowest BCUT2D eigenvalue weighted by molar-refractivity contribution is 0.286. The van der Waals surface area contributed by atoms with Gasteiger partial charge in [-0.25, -0.2) is 4.98 Å². The second kappa shape index (κ2) is 7.11. The maximum Gasteiger partial charge on any atom is 0.227 e. The van der Waals surface area contributed by atoms with Crippen molar-refractivity contribution >= 4 is 11.8 Å². The first kappa shape index (κ1) is 14.6. The van der Waals surface area contributed by atoms with Gasteiger partial charge in [0, 0.05) is 44.5 Å². The van der Waals surface area contributed by atoms with Gasteiger partial charge in [0.25, 0.3) is 0 Å². The summed E-state index contributed by atoms with van der Waals surface area (Å²) in [6.07, 6.45) is 0. The zero-order valence-corrected chi connectivity index (χ0v) is 12.6. The molecule has 0 spiro atoms. The van der Waals surface area contributed by atoms with Crippen molar-refractivity contribution in [2.75, 3.05) is 49.5 Å². The van der Waals surface area contributed by atoms with Gasteiger partial charge in [0.05, 0.1) is 6.54 Å². The molecule has 1 aromatic heterocycles. The minimum Gasteiger partial charge on any atom is -0.370 e. The van der Waals surface area contributed by atoms with Crippen molar-refractivity contribution in [1.82, 2.24) is 14.9 Å². The Hall–Kier alpha value is -1.80. The monoisotopic (exact) mass is 273 g/mol. The first-order valence-corrected chi connectivity index (χ1v) is 7.19. The van der Waals surface area contributed by atoms with E-state index in [0.29, 0.717) is 0 Å². The third-order valence-corrected chi connectivity index (χ3v) is 3.33. The summed E-state index contributed by atoms with van der Waals surface area (Å²) in [6.45, 7) is 11.7. The van der Waals surface area contributed by atoms with Crippen LogP contribution in [0.4, 0.5) is 11.8 Å². The largest absolute Gasteiger partial charge is 0.370 e. The van der Waals surface area contributed by atoms with E-state index >= 15 is 0 Å². The molecule has 0 atom stereocenters. The minimum atomic E-state index is 0.835. The molecule has 1 aliphatic rings. The summed E-state index contributed by atoms with van der Waals surface area (Å²) in [4.78, 5) is 13.8. The molecule has 2 rings (SSSR count). The molecule has 0 aliphatic carbocycles. The lowest BCUT2D eigenvalue weighted by Crippen LogP contribution is -2.47. The van der Waals surface area contributed by atoms with Crippen molar-refractivity contribution in [1.29, 1.82) is 0 Å². The van der Waals surface area contributed by atoms with Gasteiger partial charge in [0.2, 0.25) is 5.95 Å². The van der Waals surface area contributed by atoms with E-state index in [4.69, 9.17) is 0 Å². The maximum absolute atomic E-state index is 4.59. The predicted molar refractivity (Wildman–Crippen MR) is 83.0 cm³/mol. The zero-order chi connectivity index (χ0) is 14.4. The third-order valence-electron chi connectivity index (χ3n) is 3.33. The SMILES string of the molecule is CC#CCN1CCN(c2nc(C)cc(NCC)n2)CC1. The molecule has 5 nitrogen and oxygen atoms in total. The Labute approximate surface area is 121 Å². The molecule has 1 N–H and O–H groups in total. The third kappa shape index (κ3) is 3.84. The lowest BCUT2D eigenvalue weighted by atomic mass is 10.3. The summed E-state index contributed by atoms with van der Waals surface area (Å²) in [7, 11) is 0. The van der Waals surface area contributed by atoms with E-state index in [9.17, 15) is 0 Å². The standard InChI is InChI=1S/C15H23N5/c1-4-6-7-19-8-10-20(11-9-19)15-17-13(3)12-14(18-15)16-5-2/h12H,5,7-11H2,1-3H3,(H,16,17,18). The maximum atomic E-state index is 4.59. The Morgan fingerprint density at radius 2 is 2.00 bits per heavy atom. The van der Waals surface area contributed by atoms with E-state index in [-0.39, 0.29) is 0 Å². The summed E-state index contributed by atoms with van der Waals surface area (Å²) in [5, 5.41) is 3.26. The van der Waals surface area contributed by atoms with Crippen molar-refractivity contribution < 1.29 is 0 Å². The van der Waals surface area contributed by atoms with E-state index in [1.54, 1.807) is 0 Å². The number of rotatable bonds is 4. The van der Waals surface area contributed by atoms with Crippen molar-refractivity contribution in [2.24, 2.45) is 0 Å². The van der Waals surface area contributed by atoms with Crippen LogP contribution in [-0.4, -0.2) is 54.1 Å². The number of aryl methyl sites for hydroxylation is 1. The van der Waals surface area contributed by atoms with Gasteiger partial charge in [0.1, 0.15) is 5.82 Å². The van der Waals surface area contributed by atoms with E-state index in [1.165, 1.54) is 0 Å². The van der Waals surface area contributed by atoms with Crippen molar-refractivity contribution in [3.05, 3.63) is 11.8 Å². The number of aromatic nitrogens is 2. The van der Waals surface area contributed by atoms with Crippen LogP contribution in [0, 0.1) is 18.8 Å². The predicted octanol–water partition coefficient (Wildman–Crippen LogP) is 1.36. The Bertz CT molecular complexity index is 495. The van der Waals surface area contributed by atoms with Gasteiger partial charge in [-0.15, -0.1) is 5.92 Å². The molecule has 0 radical (unpaired) electrons. The average Bonchev–Trinajstić information content (AvgIpc) is 2.45. The van der Waals surface area contributed by atoms with Crippen molar-refractivity contribution in [2.45, 2.75) is 20.8 Å². The lowest BCUT2D eigenvalue weighted by Gasteiger charge is -2.33. The highest BCUT2D eigenvalue weighted by atomic mass is 15.3. The molecule has 2 heterocycles. The van der Waals surface area contributed by atoms with Gasteiger partial charge in [0.15, 0.2) is 0 Å². The highest BCUT2D eigenvalue weighted by molar-refractivity contribution is 5.43. The van der Waals surface area contributed by atoms with Gasteiger partial charge in [-0.1, -0.05) is 5.92 Å². The van der Waals surface area contributed by atoms with Crippen LogP contribution >= 0.6 is 0 Å². The Balaban J connectivity index is 2.00. The number of piperazine rings is 1. The van der Waals surface area contributed by atoms with Crippen molar-refractivity contribution in [3.8, 4) is 11.8 Å². The van der Waals surface area contributed by atoms with Gasteiger partial charge in [-0.2, -0.15) is 4.98 Å². The number of nitrogens with one attached hydrogen (secondary N) is 1.